The van der Waals surface area contributed by atoms with Crippen LogP contribution in [0, 0.1) is 11.3 Å². The highest BCUT2D eigenvalue weighted by molar-refractivity contribution is 5.89. The summed E-state index contributed by atoms with van der Waals surface area (Å²) < 4.78 is 29.7. The Balaban J connectivity index is 0.00000253. The van der Waals surface area contributed by atoms with Crippen LogP contribution in [0.4, 0.5) is 0 Å². The van der Waals surface area contributed by atoms with Crippen LogP contribution in [0.2, 0.25) is 0 Å². The van der Waals surface area contributed by atoms with E-state index in [2.05, 4.69) is 0 Å². The van der Waals surface area contributed by atoms with Gasteiger partial charge in [-0.05, 0) is 25.5 Å². The lowest BCUT2D eigenvalue weighted by atomic mass is 9.41. The van der Waals surface area contributed by atoms with Crippen LogP contribution >= 0.6 is 12.4 Å². The Morgan fingerprint density at radius 3 is 2.51 bits per heavy atom. The zero-order valence-electron chi connectivity index (χ0n) is 18.9. The summed E-state index contributed by atoms with van der Waals surface area (Å²) in [4.78, 5) is 12.7. The summed E-state index contributed by atoms with van der Waals surface area (Å²) in [5.74, 6) is -2.49. The number of aliphatic hydroxyl groups is 5. The number of carbonyl (C=O) groups is 1. The fourth-order valence-corrected chi connectivity index (χ4v) is 6.87. The van der Waals surface area contributed by atoms with E-state index in [0.29, 0.717) is 5.56 Å². The molecule has 3 aliphatic carbocycles. The summed E-state index contributed by atoms with van der Waals surface area (Å²) in [6.45, 7) is 0.985. The first kappa shape index (κ1) is 25.3. The van der Waals surface area contributed by atoms with E-state index in [1.807, 2.05) is 0 Å². The van der Waals surface area contributed by atoms with E-state index < -0.39 is 77.9 Å². The smallest absolute Gasteiger partial charge is 0.338 e. The minimum Gasteiger partial charge on any atom is -0.461 e. The summed E-state index contributed by atoms with van der Waals surface area (Å²) >= 11 is 0. The second-order valence-corrected chi connectivity index (χ2v) is 10.2. The molecule has 4 heterocycles. The molecule has 5 N–H and O–H groups in total. The molecule has 0 aromatic heterocycles. The Hall–Kier alpha value is -1.38. The predicted molar refractivity (Wildman–Crippen MR) is 116 cm³/mol. The lowest BCUT2D eigenvalue weighted by molar-refractivity contribution is -0.424. The van der Waals surface area contributed by atoms with Crippen LogP contribution in [0.1, 0.15) is 30.1 Å². The first-order valence-electron chi connectivity index (χ1n) is 11.4. The Morgan fingerprint density at radius 1 is 1.11 bits per heavy atom. The maximum Gasteiger partial charge on any atom is 0.338 e. The second-order valence-electron chi connectivity index (χ2n) is 10.2. The molecule has 0 amide bonds. The molecule has 0 radical (unpaired) electrons. The molecule has 7 fully saturated rings. The van der Waals surface area contributed by atoms with Crippen molar-refractivity contribution in [2.24, 2.45) is 11.3 Å². The lowest BCUT2D eigenvalue weighted by Crippen LogP contribution is -2.80. The zero-order chi connectivity index (χ0) is 24.1. The average Bonchev–Trinajstić information content (AvgIpc) is 3.00. The van der Waals surface area contributed by atoms with Crippen molar-refractivity contribution in [3.63, 3.8) is 0 Å². The Bertz CT molecular complexity index is 995. The van der Waals surface area contributed by atoms with Crippen LogP contribution in [0.15, 0.2) is 30.3 Å². The van der Waals surface area contributed by atoms with Gasteiger partial charge in [0, 0.05) is 12.3 Å². The van der Waals surface area contributed by atoms with E-state index >= 15 is 0 Å². The molecular weight excluding hydrogens is 488 g/mol. The summed E-state index contributed by atoms with van der Waals surface area (Å²) in [5, 5.41) is 51.7. The van der Waals surface area contributed by atoms with Crippen molar-refractivity contribution in [2.45, 2.75) is 73.8 Å². The van der Waals surface area contributed by atoms with Crippen molar-refractivity contribution < 1.29 is 54.0 Å². The highest BCUT2D eigenvalue weighted by Gasteiger charge is 2.94. The number of halogens is 1. The standard InChI is InChI=1S/C23H28O11.ClH/c1-20-9-22(29)13-7-23(20,32-18-16(27)15(26)14(25)12(8-24)31-18)21(13,19(33-20)34-22)10-30-17(28)11-5-3-2-4-6-11;/h2-6,12-16,18-19,24-27,29H,7-10H2,1H3;1H/t12-,13-,14-,15+,16-,18+,19+,20+,21-,22+,23+;/m1./s1. The van der Waals surface area contributed by atoms with E-state index in [0.717, 1.165) is 0 Å². The molecule has 12 heteroatoms. The molecule has 0 unspecified atom stereocenters. The molecule has 8 rings (SSSR count). The van der Waals surface area contributed by atoms with Gasteiger partial charge in [-0.1, -0.05) is 18.2 Å². The van der Waals surface area contributed by atoms with Crippen molar-refractivity contribution in [1.29, 1.82) is 0 Å². The molecule has 4 saturated heterocycles. The van der Waals surface area contributed by atoms with Crippen molar-refractivity contribution in [1.82, 2.24) is 0 Å². The molecule has 3 saturated carbocycles. The Labute approximate surface area is 206 Å². The van der Waals surface area contributed by atoms with Gasteiger partial charge < -0.3 is 49.2 Å². The van der Waals surface area contributed by atoms with Crippen LogP contribution in [-0.4, -0.2) is 98.7 Å². The number of hydrogen-bond donors (Lipinski definition) is 5. The molecule has 0 spiro atoms. The zero-order valence-corrected chi connectivity index (χ0v) is 19.7. The third-order valence-corrected chi connectivity index (χ3v) is 8.57. The number of aliphatic hydroxyl groups excluding tert-OH is 4. The van der Waals surface area contributed by atoms with Crippen LogP contribution < -0.4 is 0 Å². The van der Waals surface area contributed by atoms with E-state index in [1.165, 1.54) is 0 Å². The van der Waals surface area contributed by atoms with Crippen LogP contribution in [0.3, 0.4) is 0 Å². The summed E-state index contributed by atoms with van der Waals surface area (Å²) in [7, 11) is 0. The quantitative estimate of drug-likeness (QED) is 0.296. The van der Waals surface area contributed by atoms with Gasteiger partial charge in [-0.3, -0.25) is 0 Å². The topological polar surface area (TPSA) is 164 Å². The summed E-state index contributed by atoms with van der Waals surface area (Å²) in [6, 6.07) is 8.47. The van der Waals surface area contributed by atoms with Crippen molar-refractivity contribution in [3.05, 3.63) is 35.9 Å². The van der Waals surface area contributed by atoms with Gasteiger partial charge in [0.15, 0.2) is 18.4 Å². The van der Waals surface area contributed by atoms with Gasteiger partial charge in [0.1, 0.15) is 42.2 Å². The predicted octanol–water partition coefficient (Wildman–Crippen LogP) is -0.936. The summed E-state index contributed by atoms with van der Waals surface area (Å²) in [6.07, 6.45) is -7.87. The molecule has 11 nitrogen and oxygen atoms in total. The maximum absolute atomic E-state index is 12.7. The molecule has 1 aromatic rings. The lowest BCUT2D eigenvalue weighted by Gasteiger charge is -2.67. The highest BCUT2D eigenvalue weighted by atomic mass is 35.5. The van der Waals surface area contributed by atoms with Gasteiger partial charge in [-0.15, -0.1) is 12.4 Å². The van der Waals surface area contributed by atoms with Gasteiger partial charge in [0.2, 0.25) is 0 Å². The number of carbonyl (C=O) groups excluding carboxylic acids is 1. The molecule has 35 heavy (non-hydrogen) atoms. The molecule has 194 valence electrons. The molecule has 4 aliphatic heterocycles. The first-order chi connectivity index (χ1) is 16.1. The first-order valence-corrected chi connectivity index (χ1v) is 11.4. The maximum atomic E-state index is 12.7. The fraction of sp³-hybridized carbons (Fsp3) is 0.696. The number of hydrogen-bond acceptors (Lipinski definition) is 11. The summed E-state index contributed by atoms with van der Waals surface area (Å²) in [5.41, 5.74) is -2.99. The van der Waals surface area contributed by atoms with Crippen LogP contribution in [-0.2, 0) is 23.7 Å². The van der Waals surface area contributed by atoms with E-state index in [-0.39, 0.29) is 31.9 Å². The van der Waals surface area contributed by atoms with Gasteiger partial charge in [0.05, 0.1) is 17.6 Å². The van der Waals surface area contributed by atoms with Crippen molar-refractivity contribution in [2.75, 3.05) is 13.2 Å². The SMILES string of the molecule is C[C@@]12C[C@]3(O)O[C@H](O1)[C@@]1(COC(=O)c4ccccc4)[C@H]3C[C@@]12O[C@@H]1O[C@H](CO)[C@@H](O)[C@H](O)[C@H]1O.Cl. The average molecular weight is 517 g/mol. The van der Waals surface area contributed by atoms with Gasteiger partial charge >= 0.3 is 5.97 Å². The largest absolute Gasteiger partial charge is 0.461 e. The molecule has 6 bridgehead atoms. The van der Waals surface area contributed by atoms with Crippen molar-refractivity contribution >= 4 is 18.4 Å². The Kier molecular flexibility index (Phi) is 5.82. The molecule has 7 aliphatic rings. The Morgan fingerprint density at radius 2 is 1.83 bits per heavy atom. The number of benzene rings is 1. The van der Waals surface area contributed by atoms with Gasteiger partial charge in [-0.25, -0.2) is 4.79 Å². The second kappa shape index (κ2) is 8.06. The third kappa shape index (κ3) is 3.02. The van der Waals surface area contributed by atoms with E-state index in [4.69, 9.17) is 23.7 Å². The number of ether oxygens (including phenoxy) is 5. The molecule has 1 aromatic carbocycles. The number of esters is 1. The van der Waals surface area contributed by atoms with E-state index in [1.54, 1.807) is 37.3 Å². The monoisotopic (exact) mass is 516 g/mol. The minimum absolute atomic E-state index is 0. The molecular formula is C23H29ClO11. The van der Waals surface area contributed by atoms with Crippen LogP contribution in [0.5, 0.6) is 0 Å². The highest BCUT2D eigenvalue weighted by Crippen LogP contribution is 2.81. The van der Waals surface area contributed by atoms with Crippen LogP contribution in [0.25, 0.3) is 0 Å². The molecule has 11 atom stereocenters. The third-order valence-electron chi connectivity index (χ3n) is 8.57. The number of rotatable bonds is 6. The van der Waals surface area contributed by atoms with Gasteiger partial charge in [0.25, 0.3) is 0 Å². The fourth-order valence-electron chi connectivity index (χ4n) is 6.87. The van der Waals surface area contributed by atoms with E-state index in [9.17, 15) is 30.3 Å². The van der Waals surface area contributed by atoms with Gasteiger partial charge in [-0.2, -0.15) is 0 Å². The van der Waals surface area contributed by atoms with Crippen molar-refractivity contribution in [3.8, 4) is 0 Å². The normalized spacial score (nSPS) is 51.0. The minimum atomic E-state index is -1.61.